The fraction of sp³-hybridized carbons (Fsp3) is 0.733. The summed E-state index contributed by atoms with van der Waals surface area (Å²) < 4.78 is 2.12. The molecule has 0 saturated carbocycles. The summed E-state index contributed by atoms with van der Waals surface area (Å²) in [6.07, 6.45) is 6.21. The number of carbonyl (C=O) groups is 1. The van der Waals surface area contributed by atoms with Crippen LogP contribution in [0, 0.1) is 12.8 Å². The number of rotatable bonds is 5. The Kier molecular flexibility index (Phi) is 5.61. The molecular formula is C15H26N4O2. The van der Waals surface area contributed by atoms with Crippen LogP contribution < -0.4 is 5.32 Å². The quantitative estimate of drug-likeness (QED) is 0.806. The van der Waals surface area contributed by atoms with Gasteiger partial charge in [0.1, 0.15) is 5.82 Å². The largest absolute Gasteiger partial charge is 0.391 e. The summed E-state index contributed by atoms with van der Waals surface area (Å²) >= 11 is 0. The smallest absolute Gasteiger partial charge is 0.317 e. The monoisotopic (exact) mass is 294 g/mol. The van der Waals surface area contributed by atoms with Gasteiger partial charge >= 0.3 is 6.03 Å². The van der Waals surface area contributed by atoms with Crippen molar-refractivity contribution in [2.45, 2.75) is 45.8 Å². The lowest BCUT2D eigenvalue weighted by molar-refractivity contribution is 0.0436. The van der Waals surface area contributed by atoms with Crippen molar-refractivity contribution >= 4 is 6.03 Å². The molecule has 0 bridgehead atoms. The number of amides is 2. The van der Waals surface area contributed by atoms with Crippen molar-refractivity contribution in [2.24, 2.45) is 5.92 Å². The number of hydrogen-bond donors (Lipinski definition) is 2. The van der Waals surface area contributed by atoms with Crippen molar-refractivity contribution in [1.29, 1.82) is 0 Å². The number of carbonyl (C=O) groups excluding carboxylic acids is 1. The number of nitrogens with one attached hydrogen (secondary N) is 1. The van der Waals surface area contributed by atoms with E-state index < -0.39 is 6.10 Å². The van der Waals surface area contributed by atoms with Crippen molar-refractivity contribution in [3.8, 4) is 0 Å². The minimum atomic E-state index is -0.395. The van der Waals surface area contributed by atoms with Crippen LogP contribution in [-0.2, 0) is 6.54 Å². The van der Waals surface area contributed by atoms with E-state index in [4.69, 9.17) is 0 Å². The first-order valence-electron chi connectivity index (χ1n) is 7.76. The number of urea groups is 1. The van der Waals surface area contributed by atoms with Gasteiger partial charge in [0.05, 0.1) is 6.10 Å². The van der Waals surface area contributed by atoms with Crippen LogP contribution in [0.25, 0.3) is 0 Å². The van der Waals surface area contributed by atoms with Crippen LogP contribution in [0.2, 0.25) is 0 Å². The number of unbranched alkanes of at least 4 members (excludes halogenated alkanes) is 1. The van der Waals surface area contributed by atoms with E-state index in [2.05, 4.69) is 14.9 Å². The Morgan fingerprint density at radius 3 is 3.00 bits per heavy atom. The highest BCUT2D eigenvalue weighted by Crippen LogP contribution is 2.16. The van der Waals surface area contributed by atoms with E-state index in [1.165, 1.54) is 0 Å². The third kappa shape index (κ3) is 4.46. The summed E-state index contributed by atoms with van der Waals surface area (Å²) in [7, 11) is 0. The summed E-state index contributed by atoms with van der Waals surface area (Å²) in [6, 6.07) is -0.0558. The van der Waals surface area contributed by atoms with E-state index in [9.17, 15) is 9.90 Å². The number of nitrogens with zero attached hydrogens (tertiary/aromatic N) is 3. The van der Waals surface area contributed by atoms with Crippen LogP contribution in [0.1, 0.15) is 32.0 Å². The lowest BCUT2D eigenvalue weighted by atomic mass is 9.96. The molecule has 2 unspecified atom stereocenters. The molecular weight excluding hydrogens is 268 g/mol. The number of piperidine rings is 1. The van der Waals surface area contributed by atoms with Crippen molar-refractivity contribution < 1.29 is 9.90 Å². The second-order valence-electron chi connectivity index (χ2n) is 5.89. The highest BCUT2D eigenvalue weighted by atomic mass is 16.3. The zero-order valence-corrected chi connectivity index (χ0v) is 13.0. The van der Waals surface area contributed by atoms with E-state index in [1.807, 2.05) is 20.0 Å². The molecule has 1 aliphatic rings. The summed E-state index contributed by atoms with van der Waals surface area (Å²) in [5.74, 6) is 1.31. The molecule has 1 aliphatic heterocycles. The minimum absolute atomic E-state index is 0.0558. The fourth-order valence-corrected chi connectivity index (χ4v) is 2.59. The lowest BCUT2D eigenvalue weighted by Gasteiger charge is -2.34. The van der Waals surface area contributed by atoms with Gasteiger partial charge in [-0.3, -0.25) is 0 Å². The van der Waals surface area contributed by atoms with Gasteiger partial charge < -0.3 is 19.9 Å². The average molecular weight is 294 g/mol. The van der Waals surface area contributed by atoms with Gasteiger partial charge in [-0.1, -0.05) is 6.92 Å². The number of aromatic nitrogens is 2. The normalized spacial score (nSPS) is 22.3. The number of β-amino-alcohol motifs (C(OH)–C–C–N with tert-alkyl or cyclic N) is 1. The molecule has 1 saturated heterocycles. The first-order chi connectivity index (χ1) is 10.1. The Hall–Kier alpha value is -1.56. The highest BCUT2D eigenvalue weighted by Gasteiger charge is 2.26. The predicted molar refractivity (Wildman–Crippen MR) is 81.0 cm³/mol. The molecule has 6 heteroatoms. The maximum Gasteiger partial charge on any atom is 0.317 e. The molecule has 1 aromatic heterocycles. The molecule has 6 nitrogen and oxygen atoms in total. The highest BCUT2D eigenvalue weighted by molar-refractivity contribution is 5.74. The molecule has 1 aromatic rings. The number of aryl methyl sites for hydroxylation is 2. The fourth-order valence-electron chi connectivity index (χ4n) is 2.59. The zero-order chi connectivity index (χ0) is 15.2. The maximum atomic E-state index is 12.0. The Balaban J connectivity index is 1.60. The first kappa shape index (κ1) is 15.8. The van der Waals surface area contributed by atoms with Gasteiger partial charge in [0.15, 0.2) is 0 Å². The number of hydrogen-bond acceptors (Lipinski definition) is 3. The van der Waals surface area contributed by atoms with E-state index in [-0.39, 0.29) is 11.9 Å². The lowest BCUT2D eigenvalue weighted by Crippen LogP contribution is -2.49. The Bertz CT molecular complexity index is 460. The van der Waals surface area contributed by atoms with Crippen LogP contribution in [0.3, 0.4) is 0 Å². The third-order valence-electron chi connectivity index (χ3n) is 4.23. The maximum absolute atomic E-state index is 12.0. The van der Waals surface area contributed by atoms with Gasteiger partial charge in [-0.15, -0.1) is 0 Å². The molecule has 2 heterocycles. The van der Waals surface area contributed by atoms with Crippen LogP contribution in [0.15, 0.2) is 12.4 Å². The van der Waals surface area contributed by atoms with Crippen molar-refractivity contribution in [3.05, 3.63) is 18.2 Å². The Morgan fingerprint density at radius 1 is 1.52 bits per heavy atom. The molecule has 2 atom stereocenters. The molecule has 2 rings (SSSR count). The molecule has 0 radical (unpaired) electrons. The summed E-state index contributed by atoms with van der Waals surface area (Å²) in [5, 5.41) is 12.7. The first-order valence-corrected chi connectivity index (χ1v) is 7.76. The predicted octanol–water partition coefficient (Wildman–Crippen LogP) is 1.38. The van der Waals surface area contributed by atoms with Crippen LogP contribution in [-0.4, -0.2) is 51.3 Å². The van der Waals surface area contributed by atoms with Crippen molar-refractivity contribution in [2.75, 3.05) is 19.6 Å². The van der Waals surface area contributed by atoms with Gasteiger partial charge in [-0.05, 0) is 32.1 Å². The van der Waals surface area contributed by atoms with Crippen LogP contribution in [0.4, 0.5) is 4.79 Å². The standard InChI is InChI=1S/C15H26N4O2/c1-12-5-9-19(11-14(12)20)15(21)17-6-3-4-8-18-10-7-16-13(18)2/h7,10,12,14,20H,3-6,8-9,11H2,1-2H3,(H,17,21). The van der Waals surface area contributed by atoms with Gasteiger partial charge in [0, 0.05) is 38.6 Å². The van der Waals surface area contributed by atoms with Crippen molar-refractivity contribution in [1.82, 2.24) is 19.8 Å². The zero-order valence-electron chi connectivity index (χ0n) is 13.0. The van der Waals surface area contributed by atoms with E-state index in [0.717, 1.165) is 38.2 Å². The third-order valence-corrected chi connectivity index (χ3v) is 4.23. The SMILES string of the molecule is Cc1nccn1CCCCNC(=O)N1CCC(C)C(O)C1. The van der Waals surface area contributed by atoms with Gasteiger partial charge in [-0.2, -0.15) is 0 Å². The second-order valence-corrected chi connectivity index (χ2v) is 5.89. The molecule has 2 amide bonds. The van der Waals surface area contributed by atoms with Gasteiger partial charge in [0.2, 0.25) is 0 Å². The summed E-state index contributed by atoms with van der Waals surface area (Å²) in [4.78, 5) is 17.9. The molecule has 118 valence electrons. The van der Waals surface area contributed by atoms with Gasteiger partial charge in [-0.25, -0.2) is 9.78 Å². The number of imidazole rings is 1. The minimum Gasteiger partial charge on any atom is -0.391 e. The molecule has 0 spiro atoms. The van der Waals surface area contributed by atoms with Crippen LogP contribution in [0.5, 0.6) is 0 Å². The van der Waals surface area contributed by atoms with E-state index >= 15 is 0 Å². The molecule has 0 aliphatic carbocycles. The summed E-state index contributed by atoms with van der Waals surface area (Å²) in [6.45, 7) is 6.80. The van der Waals surface area contributed by atoms with Crippen LogP contribution >= 0.6 is 0 Å². The molecule has 0 aromatic carbocycles. The Morgan fingerprint density at radius 2 is 2.33 bits per heavy atom. The van der Waals surface area contributed by atoms with E-state index in [0.29, 0.717) is 13.1 Å². The van der Waals surface area contributed by atoms with Gasteiger partial charge in [0.25, 0.3) is 0 Å². The Labute approximate surface area is 126 Å². The molecule has 1 fully saturated rings. The number of aliphatic hydroxyl groups is 1. The van der Waals surface area contributed by atoms with Crippen molar-refractivity contribution in [3.63, 3.8) is 0 Å². The topological polar surface area (TPSA) is 70.4 Å². The average Bonchev–Trinajstić information content (AvgIpc) is 2.87. The van der Waals surface area contributed by atoms with E-state index in [1.54, 1.807) is 11.1 Å². The molecule has 2 N–H and O–H groups in total. The molecule has 21 heavy (non-hydrogen) atoms. The second kappa shape index (κ2) is 7.45. The summed E-state index contributed by atoms with van der Waals surface area (Å²) in [5.41, 5.74) is 0. The number of likely N-dealkylation sites (tertiary alicyclic amines) is 1. The number of aliphatic hydroxyl groups excluding tert-OH is 1.